The van der Waals surface area contributed by atoms with Gasteiger partial charge in [-0.05, 0) is 23.7 Å². The molecule has 0 atom stereocenters. The fourth-order valence-electron chi connectivity index (χ4n) is 1.68. The third kappa shape index (κ3) is 1.56. The van der Waals surface area contributed by atoms with Gasteiger partial charge in [-0.15, -0.1) is 5.10 Å². The van der Waals surface area contributed by atoms with Gasteiger partial charge < -0.3 is 5.73 Å². The van der Waals surface area contributed by atoms with Crippen molar-refractivity contribution < 1.29 is 4.79 Å². The van der Waals surface area contributed by atoms with Crippen LogP contribution in [0.1, 0.15) is 10.4 Å². The molecule has 3 N–H and O–H groups in total. The lowest BCUT2D eigenvalue weighted by Gasteiger charge is -2.01. The van der Waals surface area contributed by atoms with Crippen LogP contribution in [-0.2, 0) is 0 Å². The number of benzene rings is 1. The van der Waals surface area contributed by atoms with E-state index in [-0.39, 0.29) is 0 Å². The first-order chi connectivity index (χ1) is 8.25. The lowest BCUT2D eigenvalue weighted by molar-refractivity contribution is 0.100. The normalized spacial score (nSPS) is 10.8. The van der Waals surface area contributed by atoms with Gasteiger partial charge in [-0.1, -0.05) is 4.49 Å². The highest BCUT2D eigenvalue weighted by molar-refractivity contribution is 7.09. The Hall–Kier alpha value is -2.28. The molecule has 0 radical (unpaired) electrons. The number of fused-ring (bicyclic) bond motifs is 1. The van der Waals surface area contributed by atoms with Gasteiger partial charge in [-0.25, -0.2) is 0 Å². The number of carbonyl (C=O) groups is 1. The van der Waals surface area contributed by atoms with E-state index < -0.39 is 5.91 Å². The summed E-state index contributed by atoms with van der Waals surface area (Å²) < 4.78 is 3.81. The van der Waals surface area contributed by atoms with Crippen molar-refractivity contribution in [2.24, 2.45) is 5.73 Å². The molecule has 17 heavy (non-hydrogen) atoms. The van der Waals surface area contributed by atoms with Crippen LogP contribution in [0.5, 0.6) is 0 Å². The smallest absolute Gasteiger partial charge is 0.248 e. The summed E-state index contributed by atoms with van der Waals surface area (Å²) in [5, 5.41) is 11.5. The number of amides is 1. The first-order valence-electron chi connectivity index (χ1n) is 4.80. The molecule has 7 heteroatoms. The molecule has 0 aliphatic carbocycles. The van der Waals surface area contributed by atoms with Crippen LogP contribution in [0.4, 0.5) is 0 Å². The molecule has 84 valence electrons. The van der Waals surface area contributed by atoms with Crippen LogP contribution in [0, 0.1) is 0 Å². The summed E-state index contributed by atoms with van der Waals surface area (Å²) in [7, 11) is 0. The van der Waals surface area contributed by atoms with Gasteiger partial charge in [0.25, 0.3) is 0 Å². The number of H-pyrrole nitrogens is 1. The van der Waals surface area contributed by atoms with E-state index in [2.05, 4.69) is 19.8 Å². The monoisotopic (exact) mass is 245 g/mol. The molecule has 2 aromatic heterocycles. The molecule has 0 aliphatic rings. The van der Waals surface area contributed by atoms with Crippen molar-refractivity contribution in [2.45, 2.75) is 0 Å². The molecule has 0 bridgehead atoms. The zero-order chi connectivity index (χ0) is 11.8. The van der Waals surface area contributed by atoms with Crippen molar-refractivity contribution in [3.05, 3.63) is 30.1 Å². The third-order valence-corrected chi connectivity index (χ3v) is 3.17. The zero-order valence-corrected chi connectivity index (χ0v) is 9.36. The maximum absolute atomic E-state index is 11.2. The number of hydrogen-bond acceptors (Lipinski definition) is 5. The Morgan fingerprint density at radius 1 is 1.35 bits per heavy atom. The molecule has 0 aliphatic heterocycles. The number of rotatable bonds is 2. The molecule has 3 rings (SSSR count). The van der Waals surface area contributed by atoms with E-state index in [4.69, 9.17) is 5.73 Å². The van der Waals surface area contributed by atoms with Crippen LogP contribution in [0.3, 0.4) is 0 Å². The molecular weight excluding hydrogens is 238 g/mol. The molecule has 6 nitrogen and oxygen atoms in total. The Bertz CT molecular complexity index is 688. The van der Waals surface area contributed by atoms with E-state index in [0.717, 1.165) is 21.3 Å². The first kappa shape index (κ1) is 9.91. The molecule has 0 unspecified atom stereocenters. The van der Waals surface area contributed by atoms with Crippen LogP contribution < -0.4 is 5.73 Å². The summed E-state index contributed by atoms with van der Waals surface area (Å²) >= 11 is 1.26. The van der Waals surface area contributed by atoms with Crippen molar-refractivity contribution >= 4 is 28.3 Å². The molecule has 1 aromatic carbocycles. The molecule has 3 aromatic rings. The number of hydrogen-bond donors (Lipinski definition) is 2. The Morgan fingerprint density at radius 2 is 2.24 bits per heavy atom. The quantitative estimate of drug-likeness (QED) is 0.708. The van der Waals surface area contributed by atoms with Crippen molar-refractivity contribution in [2.75, 3.05) is 0 Å². The predicted octanol–water partition coefficient (Wildman–Crippen LogP) is 1.18. The van der Waals surface area contributed by atoms with Gasteiger partial charge in [0.1, 0.15) is 0 Å². The van der Waals surface area contributed by atoms with Crippen molar-refractivity contribution in [1.82, 2.24) is 19.8 Å². The van der Waals surface area contributed by atoms with Gasteiger partial charge in [-0.2, -0.15) is 5.10 Å². The number of primary amides is 1. The number of aromatic amines is 1. The minimum absolute atomic E-state index is 0.435. The topological polar surface area (TPSA) is 97.6 Å². The SMILES string of the molecule is NC(=O)c1cc(-c2cnns2)c2cn[nH]c2c1. The van der Waals surface area contributed by atoms with E-state index in [1.165, 1.54) is 11.5 Å². The zero-order valence-electron chi connectivity index (χ0n) is 8.54. The third-order valence-electron chi connectivity index (χ3n) is 2.47. The molecule has 0 spiro atoms. The largest absolute Gasteiger partial charge is 0.366 e. The molecule has 0 saturated heterocycles. The summed E-state index contributed by atoms with van der Waals surface area (Å²) in [5.41, 5.74) is 7.36. The minimum atomic E-state index is -0.472. The fraction of sp³-hybridized carbons (Fsp3) is 0. The van der Waals surface area contributed by atoms with Gasteiger partial charge in [0.05, 0.1) is 22.8 Å². The summed E-state index contributed by atoms with van der Waals surface area (Å²) in [6.07, 6.45) is 3.35. The summed E-state index contributed by atoms with van der Waals surface area (Å²) in [5.74, 6) is -0.472. The Balaban J connectivity index is 2.35. The maximum atomic E-state index is 11.2. The van der Waals surface area contributed by atoms with E-state index in [1.807, 2.05) is 0 Å². The highest BCUT2D eigenvalue weighted by Crippen LogP contribution is 2.30. The summed E-state index contributed by atoms with van der Waals surface area (Å²) in [6.45, 7) is 0. The standard InChI is InChI=1S/C10H7N5OS/c11-10(16)5-1-6(9-4-13-15-17-9)7-3-12-14-8(7)2-5/h1-4H,(H2,11,16)(H,12,14). The van der Waals surface area contributed by atoms with Gasteiger partial charge in [0.2, 0.25) is 5.91 Å². The summed E-state index contributed by atoms with van der Waals surface area (Å²) in [6, 6.07) is 3.41. The van der Waals surface area contributed by atoms with Gasteiger partial charge >= 0.3 is 0 Å². The second kappa shape index (κ2) is 3.63. The number of nitrogens with one attached hydrogen (secondary N) is 1. The lowest BCUT2D eigenvalue weighted by atomic mass is 10.0. The molecule has 0 saturated carbocycles. The lowest BCUT2D eigenvalue weighted by Crippen LogP contribution is -2.10. The predicted molar refractivity (Wildman–Crippen MR) is 63.5 cm³/mol. The maximum Gasteiger partial charge on any atom is 0.248 e. The second-order valence-corrected chi connectivity index (χ2v) is 4.29. The van der Waals surface area contributed by atoms with E-state index in [1.54, 1.807) is 24.5 Å². The average Bonchev–Trinajstić information content (AvgIpc) is 2.98. The Morgan fingerprint density at radius 3 is 2.94 bits per heavy atom. The number of nitrogens with zero attached hydrogens (tertiary/aromatic N) is 3. The number of carbonyl (C=O) groups excluding carboxylic acids is 1. The highest BCUT2D eigenvalue weighted by Gasteiger charge is 2.12. The van der Waals surface area contributed by atoms with Crippen molar-refractivity contribution in [1.29, 1.82) is 0 Å². The molecule has 0 fully saturated rings. The number of nitrogens with two attached hydrogens (primary N) is 1. The molecule has 1 amide bonds. The molecule has 2 heterocycles. The second-order valence-electron chi connectivity index (χ2n) is 3.50. The van der Waals surface area contributed by atoms with E-state index in [0.29, 0.717) is 5.56 Å². The minimum Gasteiger partial charge on any atom is -0.366 e. The average molecular weight is 245 g/mol. The van der Waals surface area contributed by atoms with E-state index in [9.17, 15) is 4.79 Å². The Labute approximate surface area is 99.6 Å². The molecular formula is C10H7N5OS. The highest BCUT2D eigenvalue weighted by atomic mass is 32.1. The van der Waals surface area contributed by atoms with Crippen molar-refractivity contribution in [3.8, 4) is 10.4 Å². The van der Waals surface area contributed by atoms with E-state index >= 15 is 0 Å². The van der Waals surface area contributed by atoms with Gasteiger partial charge in [0, 0.05) is 16.5 Å². The van der Waals surface area contributed by atoms with Crippen LogP contribution in [-0.4, -0.2) is 25.7 Å². The van der Waals surface area contributed by atoms with Crippen LogP contribution >= 0.6 is 11.5 Å². The summed E-state index contributed by atoms with van der Waals surface area (Å²) in [4.78, 5) is 12.1. The van der Waals surface area contributed by atoms with Crippen molar-refractivity contribution in [3.63, 3.8) is 0 Å². The van der Waals surface area contributed by atoms with Crippen LogP contribution in [0.15, 0.2) is 24.5 Å². The van der Waals surface area contributed by atoms with Gasteiger partial charge in [0.15, 0.2) is 0 Å². The fourth-order valence-corrected chi connectivity index (χ4v) is 2.23. The number of aromatic nitrogens is 4. The van der Waals surface area contributed by atoms with Gasteiger partial charge in [-0.3, -0.25) is 9.89 Å². The Kier molecular flexibility index (Phi) is 2.12. The first-order valence-corrected chi connectivity index (χ1v) is 5.57. The van der Waals surface area contributed by atoms with Crippen LogP contribution in [0.2, 0.25) is 0 Å². The van der Waals surface area contributed by atoms with Crippen LogP contribution in [0.25, 0.3) is 21.3 Å².